The quantitative estimate of drug-likeness (QED) is 0.108. The molecule has 0 heterocycles. The SMILES string of the molecule is CSCCCC(=O)CC(=O)CCCSC1CCC1SC.NCCSC1CCC1SCCN.O=C(O)CC(=O)O. The average Bonchev–Trinajstić information content (AvgIpc) is 2.83. The summed E-state index contributed by atoms with van der Waals surface area (Å²) in [6.45, 7) is 1.63. The fourth-order valence-corrected chi connectivity index (χ4v) is 9.34. The predicted octanol–water partition coefficient (Wildman–Crippen LogP) is 4.51. The number of aliphatic carboxylic acids is 2. The first-order valence-corrected chi connectivity index (χ1v) is 19.2. The summed E-state index contributed by atoms with van der Waals surface area (Å²) >= 11 is 9.80. The second-order valence-electron chi connectivity index (χ2n) is 9.15. The molecule has 2 fully saturated rings. The molecule has 8 nitrogen and oxygen atoms in total. The Morgan fingerprint density at radius 2 is 1.05 bits per heavy atom. The lowest BCUT2D eigenvalue weighted by molar-refractivity contribution is -0.147. The van der Waals surface area contributed by atoms with Gasteiger partial charge in [-0.25, -0.2) is 0 Å². The van der Waals surface area contributed by atoms with Gasteiger partial charge in [-0.15, -0.1) is 0 Å². The fourth-order valence-electron chi connectivity index (χ4n) is 3.60. The van der Waals surface area contributed by atoms with Gasteiger partial charge in [0, 0.05) is 58.4 Å². The second kappa shape index (κ2) is 25.6. The number of carbonyl (C=O) groups is 4. The van der Waals surface area contributed by atoms with E-state index < -0.39 is 18.4 Å². The lowest BCUT2D eigenvalue weighted by Gasteiger charge is -2.35. The van der Waals surface area contributed by atoms with Gasteiger partial charge in [0.05, 0.1) is 6.42 Å². The Labute approximate surface area is 255 Å². The molecule has 2 saturated carbocycles. The molecule has 2 rings (SSSR count). The number of rotatable bonds is 20. The first-order chi connectivity index (χ1) is 18.7. The van der Waals surface area contributed by atoms with E-state index in [9.17, 15) is 19.2 Å². The van der Waals surface area contributed by atoms with Gasteiger partial charge in [0.2, 0.25) is 0 Å². The summed E-state index contributed by atoms with van der Waals surface area (Å²) < 4.78 is 0. The average molecular weight is 645 g/mol. The maximum atomic E-state index is 11.7. The van der Waals surface area contributed by atoms with Gasteiger partial charge in [-0.2, -0.15) is 58.8 Å². The highest BCUT2D eigenvalue weighted by Gasteiger charge is 2.31. The second-order valence-corrected chi connectivity index (χ2v) is 15.3. The van der Waals surface area contributed by atoms with Gasteiger partial charge in [-0.3, -0.25) is 19.2 Å². The lowest BCUT2D eigenvalue weighted by atomic mass is 9.99. The van der Waals surface area contributed by atoms with Crippen LogP contribution in [0.5, 0.6) is 0 Å². The van der Waals surface area contributed by atoms with Crippen LogP contribution >= 0.6 is 58.8 Å². The zero-order chi connectivity index (χ0) is 29.5. The molecule has 39 heavy (non-hydrogen) atoms. The van der Waals surface area contributed by atoms with Crippen molar-refractivity contribution in [2.75, 3.05) is 48.6 Å². The van der Waals surface area contributed by atoms with Gasteiger partial charge in [0.15, 0.2) is 0 Å². The molecule has 228 valence electrons. The van der Waals surface area contributed by atoms with E-state index in [0.29, 0.717) is 12.8 Å². The number of hydrogen-bond donors (Lipinski definition) is 4. The van der Waals surface area contributed by atoms with Crippen LogP contribution in [0.3, 0.4) is 0 Å². The van der Waals surface area contributed by atoms with Crippen molar-refractivity contribution >= 4 is 82.3 Å². The predicted molar refractivity (Wildman–Crippen MR) is 174 cm³/mol. The van der Waals surface area contributed by atoms with Crippen molar-refractivity contribution < 1.29 is 29.4 Å². The normalized spacial score (nSPS) is 21.2. The zero-order valence-electron chi connectivity index (χ0n) is 23.3. The fraction of sp³-hybridized carbons (Fsp3) is 0.846. The zero-order valence-corrected chi connectivity index (χ0v) is 27.4. The number of carbonyl (C=O) groups excluding carboxylic acids is 2. The van der Waals surface area contributed by atoms with Crippen molar-refractivity contribution in [2.24, 2.45) is 11.5 Å². The molecule has 6 N–H and O–H groups in total. The summed E-state index contributed by atoms with van der Waals surface area (Å²) in [6, 6.07) is 0. The minimum atomic E-state index is -1.31. The smallest absolute Gasteiger partial charge is 0.314 e. The van der Waals surface area contributed by atoms with Crippen LogP contribution in [-0.2, 0) is 19.2 Å². The van der Waals surface area contributed by atoms with Crippen LogP contribution in [0.1, 0.15) is 64.2 Å². The molecule has 0 aromatic carbocycles. The minimum absolute atomic E-state index is 0.123. The van der Waals surface area contributed by atoms with Gasteiger partial charge in [-0.1, -0.05) is 0 Å². The molecule has 13 heteroatoms. The summed E-state index contributed by atoms with van der Waals surface area (Å²) in [5.41, 5.74) is 10.9. The van der Waals surface area contributed by atoms with Crippen LogP contribution in [0.2, 0.25) is 0 Å². The Hall–Kier alpha value is -0.0500. The van der Waals surface area contributed by atoms with Crippen molar-refractivity contribution in [1.29, 1.82) is 0 Å². The topological polar surface area (TPSA) is 161 Å². The van der Waals surface area contributed by atoms with E-state index in [1.54, 1.807) is 11.8 Å². The largest absolute Gasteiger partial charge is 0.481 e. The molecule has 0 spiro atoms. The first-order valence-electron chi connectivity index (χ1n) is 13.4. The van der Waals surface area contributed by atoms with Crippen LogP contribution in [0.25, 0.3) is 0 Å². The number of nitrogens with two attached hydrogens (primary N) is 2. The van der Waals surface area contributed by atoms with Crippen LogP contribution in [0, 0.1) is 0 Å². The van der Waals surface area contributed by atoms with E-state index >= 15 is 0 Å². The molecule has 2 aliphatic carbocycles. The van der Waals surface area contributed by atoms with Crippen molar-refractivity contribution in [3.05, 3.63) is 0 Å². The van der Waals surface area contributed by atoms with E-state index in [-0.39, 0.29) is 18.0 Å². The molecule has 0 aromatic rings. The Morgan fingerprint density at radius 1 is 0.641 bits per heavy atom. The van der Waals surface area contributed by atoms with Crippen molar-refractivity contribution in [3.8, 4) is 0 Å². The number of carboxylic acid groups (broad SMARTS) is 2. The molecule has 0 radical (unpaired) electrons. The molecule has 0 aromatic heterocycles. The number of Topliss-reactive ketones (excluding diaryl/α,β-unsaturated/α-hetero) is 2. The van der Waals surface area contributed by atoms with Crippen molar-refractivity contribution in [3.63, 3.8) is 0 Å². The Balaban J connectivity index is 0.000000640. The number of ketones is 2. The van der Waals surface area contributed by atoms with E-state index in [2.05, 4.69) is 6.26 Å². The Morgan fingerprint density at radius 3 is 1.38 bits per heavy atom. The maximum absolute atomic E-state index is 11.7. The highest BCUT2D eigenvalue weighted by atomic mass is 32.2. The van der Waals surface area contributed by atoms with E-state index in [1.807, 2.05) is 53.3 Å². The third-order valence-electron chi connectivity index (χ3n) is 5.94. The molecular formula is C26H48N2O6S5. The summed E-state index contributed by atoms with van der Waals surface area (Å²) in [5, 5.41) is 18.8. The van der Waals surface area contributed by atoms with Crippen LogP contribution in [-0.4, -0.2) is 103 Å². The van der Waals surface area contributed by atoms with Gasteiger partial charge in [0.25, 0.3) is 0 Å². The number of carboxylic acids is 2. The molecule has 4 unspecified atom stereocenters. The van der Waals surface area contributed by atoms with E-state index in [1.165, 1.54) is 25.7 Å². The van der Waals surface area contributed by atoms with Crippen molar-refractivity contribution in [1.82, 2.24) is 0 Å². The minimum Gasteiger partial charge on any atom is -0.481 e. The summed E-state index contributed by atoms with van der Waals surface area (Å²) in [7, 11) is 0. The Bertz CT molecular complexity index is 676. The number of thioether (sulfide) groups is 5. The summed E-state index contributed by atoms with van der Waals surface area (Å²) in [6.07, 6.45) is 12.0. The van der Waals surface area contributed by atoms with Crippen LogP contribution in [0.4, 0.5) is 0 Å². The molecule has 0 amide bonds. The molecule has 2 aliphatic rings. The highest BCUT2D eigenvalue weighted by molar-refractivity contribution is 8.04. The summed E-state index contributed by atoms with van der Waals surface area (Å²) in [4.78, 5) is 42.1. The van der Waals surface area contributed by atoms with Gasteiger partial charge in [-0.05, 0) is 62.5 Å². The Kier molecular flexibility index (Phi) is 25.6. The van der Waals surface area contributed by atoms with Gasteiger partial charge < -0.3 is 21.7 Å². The van der Waals surface area contributed by atoms with E-state index in [4.69, 9.17) is 21.7 Å². The molecule has 0 aliphatic heterocycles. The van der Waals surface area contributed by atoms with E-state index in [0.717, 1.165) is 69.9 Å². The number of hydrogen-bond acceptors (Lipinski definition) is 11. The third-order valence-corrected chi connectivity index (χ3v) is 12.6. The lowest BCUT2D eigenvalue weighted by Crippen LogP contribution is -2.33. The van der Waals surface area contributed by atoms with Gasteiger partial charge >= 0.3 is 11.9 Å². The third kappa shape index (κ3) is 21.3. The molecule has 0 bridgehead atoms. The molecule has 4 atom stereocenters. The summed E-state index contributed by atoms with van der Waals surface area (Å²) in [5.74, 6) is 1.94. The highest BCUT2D eigenvalue weighted by Crippen LogP contribution is 2.40. The first kappa shape index (κ1) is 39.0. The standard InChI is InChI=1S/C15H26O2S3.C8H18N2S2.C3H4O4/c1-18-9-3-5-12(16)11-13(17)6-4-10-20-15-8-7-14(15)19-2;9-3-5-11-7-1-2-8(7)12-6-4-10;4-2(5)1-3(6)7/h14-15H,3-11H2,1-2H3;7-8H,1-6,9-10H2;1H2,(H,4,5)(H,6,7). The molecule has 0 saturated heterocycles. The monoisotopic (exact) mass is 644 g/mol. The van der Waals surface area contributed by atoms with Crippen LogP contribution in [0.15, 0.2) is 0 Å². The van der Waals surface area contributed by atoms with Gasteiger partial charge in [0.1, 0.15) is 18.0 Å². The van der Waals surface area contributed by atoms with Crippen LogP contribution < -0.4 is 11.5 Å². The van der Waals surface area contributed by atoms with Crippen molar-refractivity contribution in [2.45, 2.75) is 85.2 Å². The maximum Gasteiger partial charge on any atom is 0.314 e. The molecular weight excluding hydrogens is 597 g/mol.